The smallest absolute Gasteiger partial charge is 0.315 e. The highest BCUT2D eigenvalue weighted by molar-refractivity contribution is 7.91. The molecule has 2 aliphatic rings. The number of hydrogen-bond acceptors (Lipinski definition) is 4. The zero-order chi connectivity index (χ0) is 16.3. The van der Waals surface area contributed by atoms with Crippen molar-refractivity contribution in [3.8, 4) is 0 Å². The van der Waals surface area contributed by atoms with E-state index in [4.69, 9.17) is 0 Å². The highest BCUT2D eigenvalue weighted by atomic mass is 32.2. The number of carbonyl (C=O) groups is 2. The van der Waals surface area contributed by atoms with Crippen LogP contribution in [0.5, 0.6) is 0 Å². The van der Waals surface area contributed by atoms with E-state index in [1.165, 1.54) is 0 Å². The molecule has 1 aliphatic heterocycles. The van der Waals surface area contributed by atoms with Crippen LogP contribution < -0.4 is 16.0 Å². The molecule has 0 aromatic rings. The van der Waals surface area contributed by atoms with Gasteiger partial charge in [0, 0.05) is 12.1 Å². The van der Waals surface area contributed by atoms with Crippen molar-refractivity contribution in [3.63, 3.8) is 0 Å². The molecular weight excluding hydrogens is 306 g/mol. The molecule has 1 heterocycles. The van der Waals surface area contributed by atoms with Crippen molar-refractivity contribution in [2.24, 2.45) is 5.92 Å². The van der Waals surface area contributed by atoms with Crippen LogP contribution in [0.1, 0.15) is 39.5 Å². The van der Waals surface area contributed by atoms with Gasteiger partial charge in [-0.05, 0) is 25.2 Å². The average Bonchev–Trinajstić information content (AvgIpc) is 3.18. The van der Waals surface area contributed by atoms with Crippen LogP contribution in [0.3, 0.4) is 0 Å². The lowest BCUT2D eigenvalue weighted by atomic mass is 9.98. The number of hydrogen-bond donors (Lipinski definition) is 3. The molecule has 0 radical (unpaired) electrons. The van der Waals surface area contributed by atoms with Gasteiger partial charge in [0.2, 0.25) is 5.91 Å². The number of nitrogens with one attached hydrogen (secondary N) is 3. The molecule has 0 spiro atoms. The Morgan fingerprint density at radius 2 is 1.82 bits per heavy atom. The van der Waals surface area contributed by atoms with Gasteiger partial charge >= 0.3 is 6.03 Å². The monoisotopic (exact) mass is 331 g/mol. The van der Waals surface area contributed by atoms with Gasteiger partial charge < -0.3 is 16.0 Å². The van der Waals surface area contributed by atoms with Crippen LogP contribution in [-0.2, 0) is 14.6 Å². The highest BCUT2D eigenvalue weighted by Crippen LogP contribution is 2.19. The third kappa shape index (κ3) is 4.86. The number of carbonyl (C=O) groups excluding carboxylic acids is 2. The zero-order valence-corrected chi connectivity index (χ0v) is 13.9. The molecule has 0 aromatic heterocycles. The molecule has 0 unspecified atom stereocenters. The molecule has 22 heavy (non-hydrogen) atoms. The highest BCUT2D eigenvalue weighted by Gasteiger charge is 2.33. The first-order chi connectivity index (χ1) is 10.3. The summed E-state index contributed by atoms with van der Waals surface area (Å²) in [5.74, 6) is -0.0692. The van der Waals surface area contributed by atoms with Gasteiger partial charge in [-0.3, -0.25) is 4.79 Å². The average molecular weight is 331 g/mol. The molecule has 3 amide bonds. The Kier molecular flexibility index (Phi) is 5.31. The summed E-state index contributed by atoms with van der Waals surface area (Å²) in [6, 6.07) is -1.19. The minimum Gasteiger partial charge on any atom is -0.352 e. The fourth-order valence-electron chi connectivity index (χ4n) is 2.50. The van der Waals surface area contributed by atoms with E-state index in [1.54, 1.807) is 0 Å². The number of urea groups is 1. The minimum absolute atomic E-state index is 0.0109. The second-order valence-corrected chi connectivity index (χ2v) is 8.59. The molecule has 2 fully saturated rings. The van der Waals surface area contributed by atoms with Gasteiger partial charge in [-0.2, -0.15) is 0 Å². The van der Waals surface area contributed by atoms with Gasteiger partial charge in [-0.1, -0.05) is 20.3 Å². The molecule has 2 rings (SSSR count). The predicted octanol–water partition coefficient (Wildman–Crippen LogP) is 0.166. The Bertz CT molecular complexity index is 530. The van der Waals surface area contributed by atoms with Crippen LogP contribution >= 0.6 is 0 Å². The van der Waals surface area contributed by atoms with Crippen LogP contribution in [0.25, 0.3) is 0 Å². The molecule has 0 aromatic carbocycles. The van der Waals surface area contributed by atoms with Gasteiger partial charge in [0.1, 0.15) is 6.04 Å². The van der Waals surface area contributed by atoms with Gasteiger partial charge in [0.25, 0.3) is 0 Å². The van der Waals surface area contributed by atoms with Crippen molar-refractivity contribution < 1.29 is 18.0 Å². The van der Waals surface area contributed by atoms with E-state index in [1.807, 2.05) is 13.8 Å². The third-order valence-electron chi connectivity index (χ3n) is 4.27. The summed E-state index contributed by atoms with van der Waals surface area (Å²) in [6.45, 7) is 3.88. The van der Waals surface area contributed by atoms with Crippen molar-refractivity contribution in [3.05, 3.63) is 0 Å². The third-order valence-corrected chi connectivity index (χ3v) is 6.04. The van der Waals surface area contributed by atoms with E-state index >= 15 is 0 Å². The molecule has 126 valence electrons. The standard InChI is InChI=1S/C14H25N3O4S/c1-3-9(2)12(13(18)15-10-4-5-10)17-14(19)16-11-6-7-22(20,21)8-11/h9-12H,3-8H2,1-2H3,(H,15,18)(H2,16,17,19)/t9-,11-,12+/m1/s1. The maximum Gasteiger partial charge on any atom is 0.315 e. The summed E-state index contributed by atoms with van der Waals surface area (Å²) < 4.78 is 22.8. The first kappa shape index (κ1) is 17.1. The summed E-state index contributed by atoms with van der Waals surface area (Å²) in [6.07, 6.45) is 3.18. The zero-order valence-electron chi connectivity index (χ0n) is 13.1. The van der Waals surface area contributed by atoms with Crippen molar-refractivity contribution in [2.45, 2.75) is 57.7 Å². The quantitative estimate of drug-likeness (QED) is 0.645. The first-order valence-corrected chi connectivity index (χ1v) is 9.70. The summed E-state index contributed by atoms with van der Waals surface area (Å²) >= 11 is 0. The fraction of sp³-hybridized carbons (Fsp3) is 0.857. The van der Waals surface area contributed by atoms with E-state index in [-0.39, 0.29) is 35.4 Å². The summed E-state index contributed by atoms with van der Waals surface area (Å²) in [5, 5.41) is 8.26. The lowest BCUT2D eigenvalue weighted by Crippen LogP contribution is -2.54. The molecule has 3 N–H and O–H groups in total. The van der Waals surface area contributed by atoms with Crippen molar-refractivity contribution in [1.29, 1.82) is 0 Å². The minimum atomic E-state index is -3.04. The molecule has 3 atom stereocenters. The van der Waals surface area contributed by atoms with Gasteiger partial charge in [0.05, 0.1) is 11.5 Å². The largest absolute Gasteiger partial charge is 0.352 e. The molecule has 1 saturated heterocycles. The predicted molar refractivity (Wildman–Crippen MR) is 83.1 cm³/mol. The number of amides is 3. The normalized spacial score (nSPS) is 26.0. The summed E-state index contributed by atoms with van der Waals surface area (Å²) in [5.41, 5.74) is 0. The summed E-state index contributed by atoms with van der Waals surface area (Å²) in [4.78, 5) is 24.3. The van der Waals surface area contributed by atoms with Crippen LogP contribution in [-0.4, -0.2) is 50.0 Å². The van der Waals surface area contributed by atoms with Crippen molar-refractivity contribution >= 4 is 21.8 Å². The molecule has 0 bridgehead atoms. The van der Waals surface area contributed by atoms with E-state index in [9.17, 15) is 18.0 Å². The van der Waals surface area contributed by atoms with E-state index < -0.39 is 21.9 Å². The molecule has 1 saturated carbocycles. The second kappa shape index (κ2) is 6.85. The Morgan fingerprint density at radius 1 is 1.14 bits per heavy atom. The maximum absolute atomic E-state index is 12.2. The lowest BCUT2D eigenvalue weighted by molar-refractivity contribution is -0.124. The van der Waals surface area contributed by atoms with Gasteiger partial charge in [-0.15, -0.1) is 0 Å². The van der Waals surface area contributed by atoms with Crippen LogP contribution in [0.4, 0.5) is 4.79 Å². The molecule has 8 heteroatoms. The van der Waals surface area contributed by atoms with Crippen molar-refractivity contribution in [1.82, 2.24) is 16.0 Å². The Hall–Kier alpha value is -1.31. The molecular formula is C14H25N3O4S. The second-order valence-electron chi connectivity index (χ2n) is 6.36. The topological polar surface area (TPSA) is 104 Å². The fourth-order valence-corrected chi connectivity index (χ4v) is 4.17. The van der Waals surface area contributed by atoms with Gasteiger partial charge in [-0.25, -0.2) is 13.2 Å². The van der Waals surface area contributed by atoms with E-state index in [0.29, 0.717) is 6.42 Å². The Balaban J connectivity index is 1.88. The van der Waals surface area contributed by atoms with Crippen molar-refractivity contribution in [2.75, 3.05) is 11.5 Å². The molecule has 1 aliphatic carbocycles. The SMILES string of the molecule is CC[C@@H](C)[C@H](NC(=O)N[C@@H]1CCS(=O)(=O)C1)C(=O)NC1CC1. The van der Waals surface area contributed by atoms with Crippen LogP contribution in [0.15, 0.2) is 0 Å². The van der Waals surface area contributed by atoms with Gasteiger partial charge in [0.15, 0.2) is 9.84 Å². The summed E-state index contributed by atoms with van der Waals surface area (Å²) in [7, 11) is -3.04. The van der Waals surface area contributed by atoms with E-state index in [0.717, 1.165) is 19.3 Å². The van der Waals surface area contributed by atoms with Crippen LogP contribution in [0, 0.1) is 5.92 Å². The van der Waals surface area contributed by atoms with E-state index in [2.05, 4.69) is 16.0 Å². The number of rotatable bonds is 6. The lowest BCUT2D eigenvalue weighted by Gasteiger charge is -2.24. The van der Waals surface area contributed by atoms with Crippen LogP contribution in [0.2, 0.25) is 0 Å². The first-order valence-electron chi connectivity index (χ1n) is 7.88. The maximum atomic E-state index is 12.2. The Morgan fingerprint density at radius 3 is 2.32 bits per heavy atom. The molecule has 7 nitrogen and oxygen atoms in total. The Labute approximate surface area is 131 Å². The number of sulfone groups is 1.